The molecule has 0 aliphatic rings. The third-order valence-corrected chi connectivity index (χ3v) is 2.79. The lowest BCUT2D eigenvalue weighted by atomic mass is 10.2. The van der Waals surface area contributed by atoms with Gasteiger partial charge >= 0.3 is 0 Å². The summed E-state index contributed by atoms with van der Waals surface area (Å²) in [6, 6.07) is 0.353. The number of aromatic nitrogens is 2. The maximum absolute atomic E-state index is 5.44. The summed E-state index contributed by atoms with van der Waals surface area (Å²) in [6.07, 6.45) is 1.06. The highest BCUT2D eigenvalue weighted by Crippen LogP contribution is 2.19. The molecule has 18 heavy (non-hydrogen) atoms. The van der Waals surface area contributed by atoms with Crippen molar-refractivity contribution in [1.29, 1.82) is 0 Å². The van der Waals surface area contributed by atoms with Crippen LogP contribution in [0.4, 0.5) is 11.6 Å². The van der Waals surface area contributed by atoms with Gasteiger partial charge < -0.3 is 15.6 Å². The van der Waals surface area contributed by atoms with E-state index in [1.807, 2.05) is 13.8 Å². The molecular formula is C12H24N6. The summed E-state index contributed by atoms with van der Waals surface area (Å²) in [6.45, 7) is 7.00. The third-order valence-electron chi connectivity index (χ3n) is 2.79. The van der Waals surface area contributed by atoms with Gasteiger partial charge in [-0.1, -0.05) is 0 Å². The summed E-state index contributed by atoms with van der Waals surface area (Å²) in [5.74, 6) is 7.67. The Morgan fingerprint density at radius 1 is 1.22 bits per heavy atom. The zero-order valence-electron chi connectivity index (χ0n) is 11.9. The van der Waals surface area contributed by atoms with Gasteiger partial charge in [0.1, 0.15) is 17.5 Å². The van der Waals surface area contributed by atoms with Crippen LogP contribution in [-0.4, -0.2) is 41.5 Å². The van der Waals surface area contributed by atoms with E-state index in [0.29, 0.717) is 17.7 Å². The van der Waals surface area contributed by atoms with Crippen LogP contribution in [0, 0.1) is 13.8 Å². The van der Waals surface area contributed by atoms with Crippen molar-refractivity contribution >= 4 is 11.6 Å². The standard InChI is InChI=1S/C12H24N6/c1-8(6-7-18(4)5)14-11-9(2)12(17-13)16-10(3)15-11/h8H,6-7,13H2,1-5H3,(H2,14,15,16,17). The summed E-state index contributed by atoms with van der Waals surface area (Å²) >= 11 is 0. The van der Waals surface area contributed by atoms with Crippen molar-refractivity contribution in [2.75, 3.05) is 31.4 Å². The van der Waals surface area contributed by atoms with Crippen LogP contribution in [0.3, 0.4) is 0 Å². The van der Waals surface area contributed by atoms with Crippen LogP contribution in [0.1, 0.15) is 24.7 Å². The molecule has 1 aromatic heterocycles. The average molecular weight is 252 g/mol. The Labute approximate surface area is 109 Å². The Morgan fingerprint density at radius 3 is 2.39 bits per heavy atom. The van der Waals surface area contributed by atoms with Crippen molar-refractivity contribution in [2.24, 2.45) is 5.84 Å². The summed E-state index contributed by atoms with van der Waals surface area (Å²) in [7, 11) is 4.15. The smallest absolute Gasteiger partial charge is 0.148 e. The van der Waals surface area contributed by atoms with E-state index < -0.39 is 0 Å². The first-order chi connectivity index (χ1) is 8.43. The number of aryl methyl sites for hydroxylation is 1. The molecule has 6 nitrogen and oxygen atoms in total. The molecule has 4 N–H and O–H groups in total. The van der Waals surface area contributed by atoms with Gasteiger partial charge in [0, 0.05) is 11.6 Å². The van der Waals surface area contributed by atoms with Crippen molar-refractivity contribution in [3.63, 3.8) is 0 Å². The topological polar surface area (TPSA) is 79.1 Å². The number of hydrogen-bond donors (Lipinski definition) is 3. The van der Waals surface area contributed by atoms with E-state index in [9.17, 15) is 0 Å². The van der Waals surface area contributed by atoms with Gasteiger partial charge in [-0.2, -0.15) is 0 Å². The molecule has 1 atom stereocenters. The summed E-state index contributed by atoms with van der Waals surface area (Å²) in [4.78, 5) is 10.8. The summed E-state index contributed by atoms with van der Waals surface area (Å²) in [5.41, 5.74) is 3.54. The van der Waals surface area contributed by atoms with Crippen LogP contribution in [0.5, 0.6) is 0 Å². The van der Waals surface area contributed by atoms with Gasteiger partial charge in [0.05, 0.1) is 0 Å². The number of nitrogens with one attached hydrogen (secondary N) is 2. The molecule has 1 heterocycles. The number of hydrogen-bond acceptors (Lipinski definition) is 6. The average Bonchev–Trinajstić information content (AvgIpc) is 2.30. The minimum Gasteiger partial charge on any atom is -0.367 e. The zero-order chi connectivity index (χ0) is 13.7. The number of anilines is 2. The van der Waals surface area contributed by atoms with Crippen LogP contribution < -0.4 is 16.6 Å². The normalized spacial score (nSPS) is 12.6. The highest BCUT2D eigenvalue weighted by atomic mass is 15.3. The van der Waals surface area contributed by atoms with E-state index >= 15 is 0 Å². The van der Waals surface area contributed by atoms with Gasteiger partial charge in [-0.05, 0) is 47.8 Å². The third kappa shape index (κ3) is 4.12. The van der Waals surface area contributed by atoms with Gasteiger partial charge in [0.2, 0.25) is 0 Å². The molecule has 0 aliphatic carbocycles. The van der Waals surface area contributed by atoms with E-state index in [2.05, 4.69) is 46.6 Å². The molecule has 0 saturated heterocycles. The van der Waals surface area contributed by atoms with Crippen molar-refractivity contribution in [3.05, 3.63) is 11.4 Å². The molecule has 0 fully saturated rings. The first-order valence-corrected chi connectivity index (χ1v) is 6.17. The van der Waals surface area contributed by atoms with Gasteiger partial charge in [-0.25, -0.2) is 15.8 Å². The first kappa shape index (κ1) is 14.7. The minimum absolute atomic E-state index is 0.353. The lowest BCUT2D eigenvalue weighted by molar-refractivity contribution is 0.390. The van der Waals surface area contributed by atoms with Crippen LogP contribution in [0.25, 0.3) is 0 Å². The Hall–Kier alpha value is -1.40. The lowest BCUT2D eigenvalue weighted by Gasteiger charge is -2.19. The first-order valence-electron chi connectivity index (χ1n) is 6.17. The number of nitrogen functional groups attached to an aromatic ring is 1. The summed E-state index contributed by atoms with van der Waals surface area (Å²) < 4.78 is 0. The van der Waals surface area contributed by atoms with Crippen LogP contribution >= 0.6 is 0 Å². The molecule has 0 radical (unpaired) electrons. The maximum atomic E-state index is 5.44. The molecule has 0 bridgehead atoms. The van der Waals surface area contributed by atoms with Crippen molar-refractivity contribution in [2.45, 2.75) is 33.2 Å². The Morgan fingerprint density at radius 2 is 1.83 bits per heavy atom. The van der Waals surface area contributed by atoms with Crippen LogP contribution in [0.2, 0.25) is 0 Å². The number of nitrogens with two attached hydrogens (primary N) is 1. The zero-order valence-corrected chi connectivity index (χ0v) is 11.9. The van der Waals surface area contributed by atoms with E-state index in [-0.39, 0.29) is 0 Å². The molecule has 102 valence electrons. The number of rotatable bonds is 6. The maximum Gasteiger partial charge on any atom is 0.148 e. The van der Waals surface area contributed by atoms with E-state index in [0.717, 1.165) is 24.3 Å². The van der Waals surface area contributed by atoms with E-state index in [1.165, 1.54) is 0 Å². The lowest BCUT2D eigenvalue weighted by Crippen LogP contribution is -2.24. The predicted molar refractivity (Wildman–Crippen MR) is 75.6 cm³/mol. The molecule has 0 amide bonds. The Balaban J connectivity index is 2.74. The highest BCUT2D eigenvalue weighted by molar-refractivity contribution is 5.56. The van der Waals surface area contributed by atoms with Crippen molar-refractivity contribution in [3.8, 4) is 0 Å². The van der Waals surface area contributed by atoms with Crippen molar-refractivity contribution < 1.29 is 0 Å². The quantitative estimate of drug-likeness (QED) is 0.520. The molecule has 6 heteroatoms. The second-order valence-corrected chi connectivity index (χ2v) is 4.87. The largest absolute Gasteiger partial charge is 0.367 e. The van der Waals surface area contributed by atoms with Gasteiger partial charge in [0.25, 0.3) is 0 Å². The van der Waals surface area contributed by atoms with Crippen LogP contribution in [-0.2, 0) is 0 Å². The van der Waals surface area contributed by atoms with Gasteiger partial charge in [-0.3, -0.25) is 0 Å². The Kier molecular flexibility index (Phi) is 5.30. The van der Waals surface area contributed by atoms with E-state index in [1.54, 1.807) is 0 Å². The van der Waals surface area contributed by atoms with Crippen LogP contribution in [0.15, 0.2) is 0 Å². The molecule has 0 aromatic carbocycles. The monoisotopic (exact) mass is 252 g/mol. The SMILES string of the molecule is Cc1nc(NN)c(C)c(NC(C)CCN(C)C)n1. The van der Waals surface area contributed by atoms with Crippen molar-refractivity contribution in [1.82, 2.24) is 14.9 Å². The highest BCUT2D eigenvalue weighted by Gasteiger charge is 2.10. The Bertz CT molecular complexity index is 390. The fourth-order valence-corrected chi connectivity index (χ4v) is 1.67. The number of nitrogens with zero attached hydrogens (tertiary/aromatic N) is 3. The molecule has 1 aromatic rings. The van der Waals surface area contributed by atoms with Gasteiger partial charge in [-0.15, -0.1) is 0 Å². The molecule has 1 rings (SSSR count). The molecular weight excluding hydrogens is 228 g/mol. The molecule has 0 saturated carbocycles. The molecule has 1 unspecified atom stereocenters. The molecule has 0 aliphatic heterocycles. The fourth-order valence-electron chi connectivity index (χ4n) is 1.67. The minimum atomic E-state index is 0.353. The van der Waals surface area contributed by atoms with Gasteiger partial charge in [0.15, 0.2) is 0 Å². The predicted octanol–water partition coefficient (Wildman–Crippen LogP) is 1.13. The fraction of sp³-hybridized carbons (Fsp3) is 0.667. The molecule has 0 spiro atoms. The second-order valence-electron chi connectivity index (χ2n) is 4.87. The number of hydrazine groups is 1. The van der Waals surface area contributed by atoms with E-state index in [4.69, 9.17) is 5.84 Å². The summed E-state index contributed by atoms with van der Waals surface area (Å²) in [5, 5.41) is 3.41. The second kappa shape index (κ2) is 6.51.